The largest absolute Gasteiger partial charge is 0.326 e. The predicted octanol–water partition coefficient (Wildman–Crippen LogP) is 3.86. The number of carbonyl (C=O) groups is 2. The quantitative estimate of drug-likeness (QED) is 0.636. The van der Waals surface area contributed by atoms with Crippen molar-refractivity contribution in [2.24, 2.45) is 5.92 Å². The van der Waals surface area contributed by atoms with Crippen molar-refractivity contribution in [3.05, 3.63) is 62.7 Å². The first-order valence-corrected chi connectivity index (χ1v) is 8.77. The van der Waals surface area contributed by atoms with Crippen molar-refractivity contribution in [3.8, 4) is 0 Å². The van der Waals surface area contributed by atoms with Gasteiger partial charge in [0.05, 0.1) is 10.8 Å². The monoisotopic (exact) mass is 387 g/mol. The summed E-state index contributed by atoms with van der Waals surface area (Å²) in [5, 5.41) is 14.3. The van der Waals surface area contributed by atoms with Gasteiger partial charge in [0.1, 0.15) is 0 Å². The predicted molar refractivity (Wildman–Crippen MR) is 103 cm³/mol. The molecule has 7 nitrogen and oxygen atoms in total. The van der Waals surface area contributed by atoms with Crippen LogP contribution >= 0.6 is 11.6 Å². The number of anilines is 2. The first-order chi connectivity index (χ1) is 12.8. The molecule has 1 aliphatic heterocycles. The maximum atomic E-state index is 12.6. The molecule has 2 aromatic carbocycles. The maximum Gasteiger partial charge on any atom is 0.274 e. The summed E-state index contributed by atoms with van der Waals surface area (Å²) < 4.78 is 0. The molecule has 1 fully saturated rings. The van der Waals surface area contributed by atoms with E-state index in [1.165, 1.54) is 6.07 Å². The molecule has 1 atom stereocenters. The lowest BCUT2D eigenvalue weighted by Crippen LogP contribution is -2.28. The number of nitrogens with zero attached hydrogens (tertiary/aromatic N) is 2. The maximum absolute atomic E-state index is 12.6. The average Bonchev–Trinajstić information content (AvgIpc) is 3.00. The normalized spacial score (nSPS) is 16.5. The number of halogens is 1. The zero-order chi connectivity index (χ0) is 19.7. The molecule has 140 valence electrons. The van der Waals surface area contributed by atoms with Crippen molar-refractivity contribution >= 4 is 40.5 Å². The third-order valence-electron chi connectivity index (χ3n) is 4.70. The van der Waals surface area contributed by atoms with E-state index in [1.54, 1.807) is 42.2 Å². The van der Waals surface area contributed by atoms with Crippen LogP contribution in [-0.4, -0.2) is 23.3 Å². The lowest BCUT2D eigenvalue weighted by Gasteiger charge is -2.19. The average molecular weight is 388 g/mol. The van der Waals surface area contributed by atoms with Crippen LogP contribution in [0.15, 0.2) is 36.4 Å². The molecule has 1 saturated heterocycles. The summed E-state index contributed by atoms with van der Waals surface area (Å²) >= 11 is 6.13. The molecule has 1 heterocycles. The van der Waals surface area contributed by atoms with Gasteiger partial charge in [0.15, 0.2) is 0 Å². The minimum atomic E-state index is -0.545. The highest BCUT2D eigenvalue weighted by molar-refractivity contribution is 6.31. The topological polar surface area (TPSA) is 92.6 Å². The molecule has 0 unspecified atom stereocenters. The summed E-state index contributed by atoms with van der Waals surface area (Å²) in [5.41, 5.74) is 2.25. The smallest absolute Gasteiger partial charge is 0.274 e. The number of rotatable bonds is 4. The second-order valence-electron chi connectivity index (χ2n) is 6.54. The zero-order valence-electron chi connectivity index (χ0n) is 14.9. The number of hydrogen-bond donors (Lipinski definition) is 1. The van der Waals surface area contributed by atoms with Gasteiger partial charge in [-0.3, -0.25) is 19.7 Å². The standard InChI is InChI=1S/C19H18ClN3O4/c1-11-6-7-14(9-17(11)23(26)27)21-19(25)13-8-18(24)22(10-13)16-5-3-4-15(20)12(16)2/h3-7,9,13H,8,10H2,1-2H3,(H,21,25)/t13-/m1/s1. The van der Waals surface area contributed by atoms with E-state index in [2.05, 4.69) is 5.32 Å². The van der Waals surface area contributed by atoms with E-state index in [0.29, 0.717) is 22.0 Å². The SMILES string of the molecule is Cc1ccc(NC(=O)[C@@H]2CC(=O)N(c3cccc(Cl)c3C)C2)cc1[N+](=O)[O-]. The Bertz CT molecular complexity index is 945. The summed E-state index contributed by atoms with van der Waals surface area (Å²) in [4.78, 5) is 37.1. The number of aryl methyl sites for hydroxylation is 1. The fourth-order valence-electron chi connectivity index (χ4n) is 3.13. The lowest BCUT2D eigenvalue weighted by atomic mass is 10.1. The van der Waals surface area contributed by atoms with E-state index in [4.69, 9.17) is 11.6 Å². The molecule has 8 heteroatoms. The highest BCUT2D eigenvalue weighted by Crippen LogP contribution is 2.32. The third kappa shape index (κ3) is 3.78. The number of amides is 2. The van der Waals surface area contributed by atoms with Crippen LogP contribution < -0.4 is 10.2 Å². The van der Waals surface area contributed by atoms with Crippen LogP contribution in [0.2, 0.25) is 5.02 Å². The van der Waals surface area contributed by atoms with Crippen LogP contribution in [-0.2, 0) is 9.59 Å². The molecule has 0 bridgehead atoms. The van der Waals surface area contributed by atoms with Gasteiger partial charge in [-0.2, -0.15) is 0 Å². The minimum Gasteiger partial charge on any atom is -0.326 e. The summed E-state index contributed by atoms with van der Waals surface area (Å²) in [6.45, 7) is 3.69. The Morgan fingerprint density at radius 3 is 2.74 bits per heavy atom. The number of nitro groups is 1. The highest BCUT2D eigenvalue weighted by Gasteiger charge is 2.36. The van der Waals surface area contributed by atoms with E-state index in [-0.39, 0.29) is 30.5 Å². The second kappa shape index (κ2) is 7.36. The fourth-order valence-corrected chi connectivity index (χ4v) is 3.30. The van der Waals surface area contributed by atoms with Crippen LogP contribution in [0.5, 0.6) is 0 Å². The molecule has 3 rings (SSSR count). The molecular weight excluding hydrogens is 370 g/mol. The van der Waals surface area contributed by atoms with Gasteiger partial charge in [0.2, 0.25) is 11.8 Å². The van der Waals surface area contributed by atoms with Crippen LogP contribution in [0.3, 0.4) is 0 Å². The molecule has 0 saturated carbocycles. The summed E-state index contributed by atoms with van der Waals surface area (Å²) in [7, 11) is 0. The summed E-state index contributed by atoms with van der Waals surface area (Å²) in [6.07, 6.45) is 0.0751. The van der Waals surface area contributed by atoms with E-state index in [0.717, 1.165) is 5.56 Å². The third-order valence-corrected chi connectivity index (χ3v) is 5.11. The van der Waals surface area contributed by atoms with Gasteiger partial charge in [0, 0.05) is 41.0 Å². The van der Waals surface area contributed by atoms with Crippen LogP contribution in [0.4, 0.5) is 17.1 Å². The molecule has 0 radical (unpaired) electrons. The van der Waals surface area contributed by atoms with Crippen LogP contribution in [0.1, 0.15) is 17.5 Å². The van der Waals surface area contributed by atoms with E-state index in [9.17, 15) is 19.7 Å². The Balaban J connectivity index is 1.76. The minimum absolute atomic E-state index is 0.0634. The van der Waals surface area contributed by atoms with Gasteiger partial charge >= 0.3 is 0 Å². The van der Waals surface area contributed by atoms with Crippen molar-refractivity contribution < 1.29 is 14.5 Å². The lowest BCUT2D eigenvalue weighted by molar-refractivity contribution is -0.385. The van der Waals surface area contributed by atoms with Gasteiger partial charge in [-0.1, -0.05) is 23.7 Å². The number of hydrogen-bond acceptors (Lipinski definition) is 4. The second-order valence-corrected chi connectivity index (χ2v) is 6.94. The number of nitro benzene ring substituents is 1. The van der Waals surface area contributed by atoms with Crippen molar-refractivity contribution in [1.82, 2.24) is 0 Å². The fraction of sp³-hybridized carbons (Fsp3) is 0.263. The Kier molecular flexibility index (Phi) is 5.14. The van der Waals surface area contributed by atoms with Crippen molar-refractivity contribution in [2.45, 2.75) is 20.3 Å². The first-order valence-electron chi connectivity index (χ1n) is 8.39. The molecule has 27 heavy (non-hydrogen) atoms. The van der Waals surface area contributed by atoms with Crippen molar-refractivity contribution in [2.75, 3.05) is 16.8 Å². The van der Waals surface area contributed by atoms with Gasteiger partial charge in [0.25, 0.3) is 5.69 Å². The number of carbonyl (C=O) groups excluding carboxylic acids is 2. The van der Waals surface area contributed by atoms with Gasteiger partial charge in [-0.05, 0) is 37.6 Å². The van der Waals surface area contributed by atoms with E-state index < -0.39 is 10.8 Å². The van der Waals surface area contributed by atoms with Gasteiger partial charge < -0.3 is 10.2 Å². The highest BCUT2D eigenvalue weighted by atomic mass is 35.5. The van der Waals surface area contributed by atoms with Gasteiger partial charge in [-0.15, -0.1) is 0 Å². The van der Waals surface area contributed by atoms with Crippen molar-refractivity contribution in [3.63, 3.8) is 0 Å². The number of benzene rings is 2. The van der Waals surface area contributed by atoms with E-state index >= 15 is 0 Å². The molecule has 0 spiro atoms. The van der Waals surface area contributed by atoms with Crippen LogP contribution in [0, 0.1) is 29.9 Å². The molecule has 2 aromatic rings. The summed E-state index contributed by atoms with van der Waals surface area (Å²) in [6, 6.07) is 9.81. The molecule has 2 amide bonds. The van der Waals surface area contributed by atoms with Gasteiger partial charge in [-0.25, -0.2) is 0 Å². The number of nitrogens with one attached hydrogen (secondary N) is 1. The molecule has 1 N–H and O–H groups in total. The Morgan fingerprint density at radius 1 is 1.30 bits per heavy atom. The Labute approximate surface area is 161 Å². The molecule has 0 aliphatic carbocycles. The molecular formula is C19H18ClN3O4. The molecule has 0 aromatic heterocycles. The molecule has 1 aliphatic rings. The summed E-state index contributed by atoms with van der Waals surface area (Å²) in [5.74, 6) is -1.05. The Morgan fingerprint density at radius 2 is 2.04 bits per heavy atom. The first kappa shape index (κ1) is 18.8. The zero-order valence-corrected chi connectivity index (χ0v) is 15.6. The Hall–Kier alpha value is -2.93. The van der Waals surface area contributed by atoms with Crippen LogP contribution in [0.25, 0.3) is 0 Å². The van der Waals surface area contributed by atoms with E-state index in [1.807, 2.05) is 6.92 Å². The van der Waals surface area contributed by atoms with Crippen molar-refractivity contribution in [1.29, 1.82) is 0 Å².